The molecule has 18 heavy (non-hydrogen) atoms. The van der Waals surface area contributed by atoms with Crippen LogP contribution in [0.4, 0.5) is 0 Å². The molecule has 0 bridgehead atoms. The summed E-state index contributed by atoms with van der Waals surface area (Å²) in [4.78, 5) is 11.9. The molecule has 0 spiro atoms. The first-order chi connectivity index (χ1) is 8.44. The van der Waals surface area contributed by atoms with Crippen molar-refractivity contribution in [2.75, 3.05) is 6.61 Å². The molecule has 1 unspecified atom stereocenters. The lowest BCUT2D eigenvalue weighted by Gasteiger charge is -2.41. The SMILES string of the molecule is CCOC(=O)C(CC)C1(O)CCC(C(C)C)CC1. The molecule has 3 heteroatoms. The first-order valence-corrected chi connectivity index (χ1v) is 7.33. The lowest BCUT2D eigenvalue weighted by molar-refractivity contribution is -0.162. The van der Waals surface area contributed by atoms with Crippen LogP contribution in [0.15, 0.2) is 0 Å². The molecule has 0 heterocycles. The highest BCUT2D eigenvalue weighted by Crippen LogP contribution is 2.41. The highest BCUT2D eigenvalue weighted by Gasteiger charge is 2.43. The van der Waals surface area contributed by atoms with Crippen molar-refractivity contribution < 1.29 is 14.6 Å². The van der Waals surface area contributed by atoms with E-state index >= 15 is 0 Å². The summed E-state index contributed by atoms with van der Waals surface area (Å²) in [5.41, 5.74) is -0.841. The van der Waals surface area contributed by atoms with Crippen molar-refractivity contribution >= 4 is 5.97 Å². The van der Waals surface area contributed by atoms with Gasteiger partial charge in [-0.2, -0.15) is 0 Å². The molecule has 3 nitrogen and oxygen atoms in total. The topological polar surface area (TPSA) is 46.5 Å². The quantitative estimate of drug-likeness (QED) is 0.769. The molecule has 0 radical (unpaired) electrons. The van der Waals surface area contributed by atoms with Gasteiger partial charge in [0.25, 0.3) is 0 Å². The number of ether oxygens (including phenoxy) is 1. The van der Waals surface area contributed by atoms with Gasteiger partial charge in [-0.3, -0.25) is 4.79 Å². The fourth-order valence-corrected chi connectivity index (χ4v) is 3.16. The van der Waals surface area contributed by atoms with Gasteiger partial charge in [0.15, 0.2) is 0 Å². The van der Waals surface area contributed by atoms with Crippen LogP contribution in [0, 0.1) is 17.8 Å². The van der Waals surface area contributed by atoms with Gasteiger partial charge in [-0.1, -0.05) is 20.8 Å². The third-order valence-corrected chi connectivity index (χ3v) is 4.47. The van der Waals surface area contributed by atoms with E-state index in [-0.39, 0.29) is 11.9 Å². The summed E-state index contributed by atoms with van der Waals surface area (Å²) in [7, 11) is 0. The fraction of sp³-hybridized carbons (Fsp3) is 0.933. The molecule has 0 amide bonds. The summed E-state index contributed by atoms with van der Waals surface area (Å²) < 4.78 is 5.09. The van der Waals surface area contributed by atoms with E-state index in [0.717, 1.165) is 25.7 Å². The van der Waals surface area contributed by atoms with Gasteiger partial charge in [-0.25, -0.2) is 0 Å². The van der Waals surface area contributed by atoms with Gasteiger partial charge in [-0.15, -0.1) is 0 Å². The lowest BCUT2D eigenvalue weighted by atomic mass is 9.69. The van der Waals surface area contributed by atoms with Crippen LogP contribution >= 0.6 is 0 Å². The van der Waals surface area contributed by atoms with E-state index in [2.05, 4.69) is 13.8 Å². The third kappa shape index (κ3) is 3.47. The highest BCUT2D eigenvalue weighted by molar-refractivity contribution is 5.73. The molecular weight excluding hydrogens is 228 g/mol. The van der Waals surface area contributed by atoms with Crippen LogP contribution in [0.25, 0.3) is 0 Å². The van der Waals surface area contributed by atoms with Crippen molar-refractivity contribution in [1.82, 2.24) is 0 Å². The Morgan fingerprint density at radius 1 is 1.33 bits per heavy atom. The van der Waals surface area contributed by atoms with Crippen molar-refractivity contribution in [2.24, 2.45) is 17.8 Å². The minimum atomic E-state index is -0.841. The third-order valence-electron chi connectivity index (χ3n) is 4.47. The molecule has 1 fully saturated rings. The predicted octanol–water partition coefficient (Wildman–Crippen LogP) is 3.15. The monoisotopic (exact) mass is 256 g/mol. The number of hydrogen-bond acceptors (Lipinski definition) is 3. The first-order valence-electron chi connectivity index (χ1n) is 7.33. The molecule has 0 aliphatic heterocycles. The van der Waals surface area contributed by atoms with Crippen LogP contribution in [0.5, 0.6) is 0 Å². The first kappa shape index (κ1) is 15.5. The van der Waals surface area contributed by atoms with Gasteiger partial charge < -0.3 is 9.84 Å². The summed E-state index contributed by atoms with van der Waals surface area (Å²) >= 11 is 0. The summed E-state index contributed by atoms with van der Waals surface area (Å²) in [5.74, 6) is 0.762. The van der Waals surface area contributed by atoms with Crippen molar-refractivity contribution in [1.29, 1.82) is 0 Å². The Labute approximate surface area is 111 Å². The number of rotatable bonds is 5. The van der Waals surface area contributed by atoms with Gasteiger partial charge in [0.2, 0.25) is 0 Å². The van der Waals surface area contributed by atoms with E-state index in [4.69, 9.17) is 4.74 Å². The second-order valence-corrected chi connectivity index (χ2v) is 5.90. The molecule has 1 saturated carbocycles. The highest BCUT2D eigenvalue weighted by atomic mass is 16.5. The van der Waals surface area contributed by atoms with E-state index in [1.165, 1.54) is 0 Å². The Bertz CT molecular complexity index is 265. The van der Waals surface area contributed by atoms with Gasteiger partial charge >= 0.3 is 5.97 Å². The Kier molecular flexibility index (Phi) is 5.64. The van der Waals surface area contributed by atoms with E-state index in [1.54, 1.807) is 0 Å². The molecule has 0 aromatic heterocycles. The number of esters is 1. The fourth-order valence-electron chi connectivity index (χ4n) is 3.16. The zero-order chi connectivity index (χ0) is 13.8. The van der Waals surface area contributed by atoms with E-state index < -0.39 is 5.60 Å². The Morgan fingerprint density at radius 2 is 1.89 bits per heavy atom. The molecule has 106 valence electrons. The lowest BCUT2D eigenvalue weighted by Crippen LogP contribution is -2.46. The summed E-state index contributed by atoms with van der Waals surface area (Å²) in [5, 5.41) is 10.7. The standard InChI is InChI=1S/C15H28O3/c1-5-13(14(16)18-6-2)15(17)9-7-12(8-10-15)11(3)4/h11-13,17H,5-10H2,1-4H3. The summed E-state index contributed by atoms with van der Waals surface area (Å²) in [6.45, 7) is 8.62. The van der Waals surface area contributed by atoms with Gasteiger partial charge in [-0.05, 0) is 50.9 Å². The number of aliphatic hydroxyl groups is 1. The second-order valence-electron chi connectivity index (χ2n) is 5.90. The molecular formula is C15H28O3. The molecule has 1 aliphatic carbocycles. The van der Waals surface area contributed by atoms with Gasteiger partial charge in [0.1, 0.15) is 0 Å². The maximum absolute atomic E-state index is 11.9. The zero-order valence-corrected chi connectivity index (χ0v) is 12.2. The zero-order valence-electron chi connectivity index (χ0n) is 12.2. The number of carbonyl (C=O) groups is 1. The van der Waals surface area contributed by atoms with Crippen LogP contribution in [0.1, 0.15) is 59.8 Å². The Morgan fingerprint density at radius 3 is 2.28 bits per heavy atom. The molecule has 0 aromatic carbocycles. The van der Waals surface area contributed by atoms with Crippen LogP contribution in [0.3, 0.4) is 0 Å². The van der Waals surface area contributed by atoms with Crippen molar-refractivity contribution in [3.8, 4) is 0 Å². The average Bonchev–Trinajstić information content (AvgIpc) is 2.30. The second kappa shape index (κ2) is 6.55. The molecule has 1 N–H and O–H groups in total. The molecule has 0 aromatic rings. The van der Waals surface area contributed by atoms with E-state index in [0.29, 0.717) is 24.9 Å². The van der Waals surface area contributed by atoms with E-state index in [1.807, 2.05) is 13.8 Å². The average molecular weight is 256 g/mol. The van der Waals surface area contributed by atoms with Crippen LogP contribution in [-0.2, 0) is 9.53 Å². The van der Waals surface area contributed by atoms with Gasteiger partial charge in [0, 0.05) is 0 Å². The molecule has 1 atom stereocenters. The predicted molar refractivity (Wildman–Crippen MR) is 72.2 cm³/mol. The van der Waals surface area contributed by atoms with Crippen LogP contribution < -0.4 is 0 Å². The minimum Gasteiger partial charge on any atom is -0.466 e. The normalized spacial score (nSPS) is 30.2. The largest absolute Gasteiger partial charge is 0.466 e. The van der Waals surface area contributed by atoms with Crippen LogP contribution in [0.2, 0.25) is 0 Å². The summed E-state index contributed by atoms with van der Waals surface area (Å²) in [6, 6.07) is 0. The maximum Gasteiger partial charge on any atom is 0.311 e. The molecule has 1 rings (SSSR count). The smallest absolute Gasteiger partial charge is 0.311 e. The number of hydrogen-bond donors (Lipinski definition) is 1. The maximum atomic E-state index is 11.9. The van der Waals surface area contributed by atoms with Crippen molar-refractivity contribution in [3.63, 3.8) is 0 Å². The van der Waals surface area contributed by atoms with Crippen molar-refractivity contribution in [3.05, 3.63) is 0 Å². The minimum absolute atomic E-state index is 0.231. The number of carbonyl (C=O) groups excluding carboxylic acids is 1. The Hall–Kier alpha value is -0.570. The molecule has 1 aliphatic rings. The van der Waals surface area contributed by atoms with Gasteiger partial charge in [0.05, 0.1) is 18.1 Å². The van der Waals surface area contributed by atoms with Crippen molar-refractivity contribution in [2.45, 2.75) is 65.4 Å². The summed E-state index contributed by atoms with van der Waals surface area (Å²) in [6.07, 6.45) is 4.15. The van der Waals surface area contributed by atoms with E-state index in [9.17, 15) is 9.90 Å². The van der Waals surface area contributed by atoms with Crippen LogP contribution in [-0.4, -0.2) is 23.3 Å². The molecule has 0 saturated heterocycles. The Balaban J connectivity index is 2.66.